The third-order valence-electron chi connectivity index (χ3n) is 5.88. The highest BCUT2D eigenvalue weighted by atomic mass is 35.5. The molecule has 0 radical (unpaired) electrons. The highest BCUT2D eigenvalue weighted by Crippen LogP contribution is 2.27. The first-order valence-corrected chi connectivity index (χ1v) is 10.6. The van der Waals surface area contributed by atoms with Gasteiger partial charge < -0.3 is 4.90 Å². The molecule has 5 rings (SSSR count). The van der Waals surface area contributed by atoms with Gasteiger partial charge in [-0.05, 0) is 49.0 Å². The van der Waals surface area contributed by atoms with Crippen molar-refractivity contribution in [3.8, 4) is 5.69 Å². The molecule has 1 fully saturated rings. The van der Waals surface area contributed by atoms with Crippen LogP contribution in [0.2, 0.25) is 5.02 Å². The molecule has 0 spiro atoms. The third-order valence-corrected chi connectivity index (χ3v) is 6.11. The summed E-state index contributed by atoms with van der Waals surface area (Å²) in [7, 11) is 2.17. The molecule has 1 saturated heterocycles. The summed E-state index contributed by atoms with van der Waals surface area (Å²) in [5, 5.41) is 2.41. The Labute approximate surface area is 180 Å². The molecular weight excluding hydrogens is 396 g/mol. The van der Waals surface area contributed by atoms with Gasteiger partial charge in [0.2, 0.25) is 0 Å². The number of halogens is 1. The van der Waals surface area contributed by atoms with Crippen molar-refractivity contribution >= 4 is 33.4 Å². The summed E-state index contributed by atoms with van der Waals surface area (Å²) in [6, 6.07) is 17.3. The molecule has 0 unspecified atom stereocenters. The van der Waals surface area contributed by atoms with E-state index in [0.29, 0.717) is 5.02 Å². The van der Waals surface area contributed by atoms with Gasteiger partial charge in [0.05, 0.1) is 11.0 Å². The quantitative estimate of drug-likeness (QED) is 0.472. The Bertz CT molecular complexity index is 1270. The van der Waals surface area contributed by atoms with Crippen LogP contribution in [0.3, 0.4) is 0 Å². The predicted molar refractivity (Wildman–Crippen MR) is 123 cm³/mol. The molecule has 1 aliphatic heterocycles. The van der Waals surface area contributed by atoms with Crippen LogP contribution in [-0.2, 0) is 6.54 Å². The zero-order chi connectivity index (χ0) is 20.7. The number of hydrogen-bond donors (Lipinski definition) is 0. The zero-order valence-electron chi connectivity index (χ0n) is 16.9. The molecule has 0 N–H and O–H groups in total. The fourth-order valence-electron chi connectivity index (χ4n) is 4.15. The molecule has 1 aliphatic rings. The van der Waals surface area contributed by atoms with Crippen molar-refractivity contribution in [3.05, 3.63) is 81.7 Å². The standard InChI is InChI=1S/C24H23ClN4O/c1-27-10-12-28(13-11-27)16-17-2-6-20(7-3-17)29-23(30)9-4-18-15-26-22-8-5-19(25)14-21(22)24(18)29/h2-9,14-15H,10-13,16H2,1H3. The van der Waals surface area contributed by atoms with E-state index in [0.717, 1.165) is 60.2 Å². The molecule has 3 heterocycles. The largest absolute Gasteiger partial charge is 0.304 e. The normalized spacial score (nSPS) is 15.8. The van der Waals surface area contributed by atoms with E-state index >= 15 is 0 Å². The highest BCUT2D eigenvalue weighted by molar-refractivity contribution is 6.31. The summed E-state index contributed by atoms with van der Waals surface area (Å²) in [5.74, 6) is 0. The molecule has 0 saturated carbocycles. The number of aromatic nitrogens is 2. The summed E-state index contributed by atoms with van der Waals surface area (Å²) < 4.78 is 1.76. The molecule has 6 heteroatoms. The summed E-state index contributed by atoms with van der Waals surface area (Å²) in [6.45, 7) is 5.31. The lowest BCUT2D eigenvalue weighted by Gasteiger charge is -2.32. The van der Waals surface area contributed by atoms with Crippen LogP contribution < -0.4 is 5.56 Å². The fourth-order valence-corrected chi connectivity index (χ4v) is 4.33. The van der Waals surface area contributed by atoms with E-state index in [1.807, 2.05) is 42.6 Å². The molecule has 4 aromatic rings. The van der Waals surface area contributed by atoms with Crippen LogP contribution in [0, 0.1) is 0 Å². The van der Waals surface area contributed by atoms with Crippen molar-refractivity contribution in [1.82, 2.24) is 19.4 Å². The van der Waals surface area contributed by atoms with E-state index in [4.69, 9.17) is 11.6 Å². The third kappa shape index (κ3) is 3.60. The van der Waals surface area contributed by atoms with E-state index in [-0.39, 0.29) is 5.56 Å². The van der Waals surface area contributed by atoms with Gasteiger partial charge >= 0.3 is 0 Å². The Morgan fingerprint density at radius 1 is 0.967 bits per heavy atom. The van der Waals surface area contributed by atoms with Crippen LogP contribution in [-0.4, -0.2) is 52.6 Å². The van der Waals surface area contributed by atoms with Gasteiger partial charge in [-0.15, -0.1) is 0 Å². The number of rotatable bonds is 3. The van der Waals surface area contributed by atoms with Crippen LogP contribution >= 0.6 is 11.6 Å². The minimum atomic E-state index is -0.0678. The van der Waals surface area contributed by atoms with Crippen LogP contribution in [0.4, 0.5) is 0 Å². The molecule has 30 heavy (non-hydrogen) atoms. The van der Waals surface area contributed by atoms with Gasteiger partial charge in [-0.3, -0.25) is 19.2 Å². The smallest absolute Gasteiger partial charge is 0.255 e. The Kier molecular flexibility index (Phi) is 5.03. The molecule has 2 aromatic heterocycles. The van der Waals surface area contributed by atoms with Crippen LogP contribution in [0.1, 0.15) is 5.56 Å². The van der Waals surface area contributed by atoms with E-state index in [9.17, 15) is 4.79 Å². The number of hydrogen-bond acceptors (Lipinski definition) is 4. The highest BCUT2D eigenvalue weighted by Gasteiger charge is 2.14. The molecule has 152 valence electrons. The number of benzene rings is 2. The molecular formula is C24H23ClN4O. The lowest BCUT2D eigenvalue weighted by Crippen LogP contribution is -2.43. The van der Waals surface area contributed by atoms with Gasteiger partial charge in [-0.1, -0.05) is 23.7 Å². The van der Waals surface area contributed by atoms with Gasteiger partial charge in [-0.2, -0.15) is 0 Å². The fraction of sp³-hybridized carbons (Fsp3) is 0.250. The van der Waals surface area contributed by atoms with Crippen LogP contribution in [0.5, 0.6) is 0 Å². The number of piperazine rings is 1. The second kappa shape index (κ2) is 7.84. The molecule has 5 nitrogen and oxygen atoms in total. The van der Waals surface area contributed by atoms with Gasteiger partial charge in [-0.25, -0.2) is 0 Å². The summed E-state index contributed by atoms with van der Waals surface area (Å²) in [4.78, 5) is 22.2. The van der Waals surface area contributed by atoms with Crippen LogP contribution in [0.25, 0.3) is 27.5 Å². The Hall–Kier alpha value is -2.73. The lowest BCUT2D eigenvalue weighted by atomic mass is 10.1. The van der Waals surface area contributed by atoms with E-state index in [2.05, 4.69) is 34.0 Å². The van der Waals surface area contributed by atoms with Crippen molar-refractivity contribution in [2.45, 2.75) is 6.54 Å². The average Bonchev–Trinajstić information content (AvgIpc) is 2.76. The molecule has 0 amide bonds. The topological polar surface area (TPSA) is 41.4 Å². The summed E-state index contributed by atoms with van der Waals surface area (Å²) in [5.41, 5.74) is 3.69. The van der Waals surface area contributed by atoms with Gasteiger partial charge in [0, 0.05) is 66.5 Å². The lowest BCUT2D eigenvalue weighted by molar-refractivity contribution is 0.148. The van der Waals surface area contributed by atoms with Crippen molar-refractivity contribution in [1.29, 1.82) is 0 Å². The van der Waals surface area contributed by atoms with Crippen molar-refractivity contribution in [2.75, 3.05) is 33.2 Å². The van der Waals surface area contributed by atoms with Crippen molar-refractivity contribution in [2.24, 2.45) is 0 Å². The first-order chi connectivity index (χ1) is 14.6. The molecule has 0 aliphatic carbocycles. The Balaban J connectivity index is 1.56. The van der Waals surface area contributed by atoms with Crippen molar-refractivity contribution in [3.63, 3.8) is 0 Å². The van der Waals surface area contributed by atoms with Crippen LogP contribution in [0.15, 0.2) is 65.6 Å². The Morgan fingerprint density at radius 3 is 2.50 bits per heavy atom. The minimum absolute atomic E-state index is 0.0678. The van der Waals surface area contributed by atoms with E-state index < -0.39 is 0 Å². The van der Waals surface area contributed by atoms with Gasteiger partial charge in [0.15, 0.2) is 0 Å². The average molecular weight is 419 g/mol. The number of nitrogens with zero attached hydrogens (tertiary/aromatic N) is 4. The second-order valence-electron chi connectivity index (χ2n) is 7.98. The number of likely N-dealkylation sites (N-methyl/N-ethyl adjacent to an activating group) is 1. The number of fused-ring (bicyclic) bond motifs is 3. The SMILES string of the molecule is CN1CCN(Cc2ccc(-n3c(=O)ccc4cnc5ccc(Cl)cc5c43)cc2)CC1. The predicted octanol–water partition coefficient (Wildman–Crippen LogP) is 3.94. The van der Waals surface area contributed by atoms with Gasteiger partial charge in [0.25, 0.3) is 5.56 Å². The maximum Gasteiger partial charge on any atom is 0.255 e. The zero-order valence-corrected chi connectivity index (χ0v) is 17.6. The Morgan fingerprint density at radius 2 is 1.73 bits per heavy atom. The first-order valence-electron chi connectivity index (χ1n) is 10.2. The first kappa shape index (κ1) is 19.2. The molecule has 0 bridgehead atoms. The van der Waals surface area contributed by atoms with E-state index in [1.165, 1.54) is 5.56 Å². The summed E-state index contributed by atoms with van der Waals surface area (Å²) in [6.07, 6.45) is 1.81. The maximum absolute atomic E-state index is 12.9. The maximum atomic E-state index is 12.9. The molecule has 2 aromatic carbocycles. The molecule has 0 atom stereocenters. The van der Waals surface area contributed by atoms with Crippen molar-refractivity contribution < 1.29 is 0 Å². The summed E-state index contributed by atoms with van der Waals surface area (Å²) >= 11 is 6.26. The van der Waals surface area contributed by atoms with Gasteiger partial charge in [0.1, 0.15) is 0 Å². The number of pyridine rings is 2. The van der Waals surface area contributed by atoms with E-state index in [1.54, 1.807) is 10.6 Å². The minimum Gasteiger partial charge on any atom is -0.304 e. The monoisotopic (exact) mass is 418 g/mol. The second-order valence-corrected chi connectivity index (χ2v) is 8.41.